The maximum Gasteiger partial charge on any atom is 0.251 e. The molecule has 2 rings (SSSR count). The van der Waals surface area contributed by atoms with E-state index in [1.807, 2.05) is 24.3 Å². The molecular formula is C15H20INO. The molecule has 0 bridgehead atoms. The number of amides is 1. The van der Waals surface area contributed by atoms with E-state index < -0.39 is 0 Å². The van der Waals surface area contributed by atoms with E-state index in [4.69, 9.17) is 0 Å². The highest BCUT2D eigenvalue weighted by atomic mass is 127. The molecule has 1 saturated carbocycles. The van der Waals surface area contributed by atoms with E-state index in [2.05, 4.69) is 41.8 Å². The highest BCUT2D eigenvalue weighted by molar-refractivity contribution is 14.1. The van der Waals surface area contributed by atoms with Gasteiger partial charge in [-0.15, -0.1) is 0 Å². The minimum atomic E-state index is 0.0670. The van der Waals surface area contributed by atoms with Crippen molar-refractivity contribution in [3.8, 4) is 0 Å². The molecule has 1 N–H and O–H groups in total. The Kier molecular flexibility index (Phi) is 4.65. The molecule has 98 valence electrons. The molecule has 1 amide bonds. The predicted octanol–water partition coefficient (Wildman–Crippen LogP) is 3.85. The first kappa shape index (κ1) is 13.8. The molecule has 0 aliphatic heterocycles. The van der Waals surface area contributed by atoms with Gasteiger partial charge in [-0.1, -0.05) is 20.3 Å². The van der Waals surface area contributed by atoms with Crippen molar-refractivity contribution in [2.24, 2.45) is 11.8 Å². The van der Waals surface area contributed by atoms with E-state index in [1.165, 1.54) is 12.8 Å². The van der Waals surface area contributed by atoms with Crippen molar-refractivity contribution >= 4 is 28.5 Å². The Hall–Kier alpha value is -0.580. The van der Waals surface area contributed by atoms with Crippen molar-refractivity contribution in [1.29, 1.82) is 0 Å². The van der Waals surface area contributed by atoms with Gasteiger partial charge in [0.15, 0.2) is 0 Å². The Balaban J connectivity index is 2.00. The second-order valence-electron chi connectivity index (χ2n) is 5.48. The molecule has 18 heavy (non-hydrogen) atoms. The van der Waals surface area contributed by atoms with E-state index in [-0.39, 0.29) is 5.91 Å². The lowest BCUT2D eigenvalue weighted by Gasteiger charge is -2.33. The van der Waals surface area contributed by atoms with Gasteiger partial charge >= 0.3 is 0 Å². The molecular weight excluding hydrogens is 337 g/mol. The second-order valence-corrected chi connectivity index (χ2v) is 6.73. The van der Waals surface area contributed by atoms with Crippen LogP contribution in [-0.2, 0) is 0 Å². The normalized spacial score (nSPS) is 27.8. The van der Waals surface area contributed by atoms with E-state index in [9.17, 15) is 4.79 Å². The third-order valence-electron chi connectivity index (χ3n) is 3.88. The zero-order valence-electron chi connectivity index (χ0n) is 10.9. The highest BCUT2D eigenvalue weighted by Crippen LogP contribution is 2.28. The van der Waals surface area contributed by atoms with Crippen LogP contribution in [0.5, 0.6) is 0 Å². The van der Waals surface area contributed by atoms with Gasteiger partial charge in [0.1, 0.15) is 0 Å². The van der Waals surface area contributed by atoms with Gasteiger partial charge < -0.3 is 5.32 Å². The molecule has 1 aliphatic rings. The van der Waals surface area contributed by atoms with Crippen molar-refractivity contribution < 1.29 is 4.79 Å². The fraction of sp³-hybridized carbons (Fsp3) is 0.533. The molecule has 0 aromatic heterocycles. The van der Waals surface area contributed by atoms with Crippen molar-refractivity contribution in [2.75, 3.05) is 0 Å². The summed E-state index contributed by atoms with van der Waals surface area (Å²) in [6, 6.07) is 8.08. The molecule has 0 spiro atoms. The summed E-state index contributed by atoms with van der Waals surface area (Å²) in [6.07, 6.45) is 3.62. The Morgan fingerprint density at radius 3 is 2.56 bits per heavy atom. The monoisotopic (exact) mass is 357 g/mol. The lowest BCUT2D eigenvalue weighted by Crippen LogP contribution is -2.42. The molecule has 1 aliphatic carbocycles. The number of halogens is 1. The van der Waals surface area contributed by atoms with E-state index in [0.717, 1.165) is 21.5 Å². The minimum absolute atomic E-state index is 0.0670. The third-order valence-corrected chi connectivity index (χ3v) is 4.60. The highest BCUT2D eigenvalue weighted by Gasteiger charge is 2.26. The van der Waals surface area contributed by atoms with Gasteiger partial charge in [0.05, 0.1) is 0 Å². The largest absolute Gasteiger partial charge is 0.349 e. The first-order valence-corrected chi connectivity index (χ1v) is 7.70. The minimum Gasteiger partial charge on any atom is -0.349 e. The lowest BCUT2D eigenvalue weighted by molar-refractivity contribution is 0.0898. The van der Waals surface area contributed by atoms with Gasteiger partial charge in [0, 0.05) is 15.2 Å². The summed E-state index contributed by atoms with van der Waals surface area (Å²) in [7, 11) is 0. The third kappa shape index (κ3) is 3.46. The fourth-order valence-electron chi connectivity index (χ4n) is 2.59. The molecule has 3 unspecified atom stereocenters. The Labute approximate surface area is 123 Å². The van der Waals surface area contributed by atoms with Gasteiger partial charge in [-0.25, -0.2) is 0 Å². The number of hydrogen-bond acceptors (Lipinski definition) is 1. The lowest BCUT2D eigenvalue weighted by atomic mass is 9.80. The van der Waals surface area contributed by atoms with Gasteiger partial charge in [0.2, 0.25) is 0 Å². The van der Waals surface area contributed by atoms with Crippen molar-refractivity contribution in [1.82, 2.24) is 5.32 Å². The Morgan fingerprint density at radius 2 is 1.89 bits per heavy atom. The van der Waals surface area contributed by atoms with Crippen LogP contribution in [0, 0.1) is 15.4 Å². The van der Waals surface area contributed by atoms with Crippen LogP contribution in [0.2, 0.25) is 0 Å². The zero-order chi connectivity index (χ0) is 13.1. The van der Waals surface area contributed by atoms with E-state index in [1.54, 1.807) is 0 Å². The number of carbonyl (C=O) groups is 1. The SMILES string of the molecule is CC1CCC(C)C(NC(=O)c2ccc(I)cc2)C1. The number of nitrogens with one attached hydrogen (secondary N) is 1. The molecule has 0 saturated heterocycles. The molecule has 3 atom stereocenters. The Bertz CT molecular complexity index is 415. The van der Waals surface area contributed by atoms with Crippen LogP contribution in [0.1, 0.15) is 43.5 Å². The summed E-state index contributed by atoms with van der Waals surface area (Å²) >= 11 is 2.25. The summed E-state index contributed by atoms with van der Waals surface area (Å²) in [4.78, 5) is 12.2. The van der Waals surface area contributed by atoms with Crippen molar-refractivity contribution in [2.45, 2.75) is 39.2 Å². The molecule has 0 heterocycles. The van der Waals surface area contributed by atoms with Gasteiger partial charge in [-0.2, -0.15) is 0 Å². The first-order valence-electron chi connectivity index (χ1n) is 6.62. The van der Waals surface area contributed by atoms with Crippen LogP contribution in [0.15, 0.2) is 24.3 Å². The molecule has 1 aromatic carbocycles. The van der Waals surface area contributed by atoms with Gasteiger partial charge in [-0.3, -0.25) is 4.79 Å². The van der Waals surface area contributed by atoms with Crippen LogP contribution < -0.4 is 5.32 Å². The van der Waals surface area contributed by atoms with E-state index in [0.29, 0.717) is 12.0 Å². The summed E-state index contributed by atoms with van der Waals surface area (Å²) in [6.45, 7) is 4.51. The van der Waals surface area contributed by atoms with Crippen LogP contribution in [0.25, 0.3) is 0 Å². The molecule has 3 heteroatoms. The second kappa shape index (κ2) is 6.04. The molecule has 1 fully saturated rings. The van der Waals surface area contributed by atoms with Crippen molar-refractivity contribution in [3.05, 3.63) is 33.4 Å². The average Bonchev–Trinajstić information content (AvgIpc) is 2.34. The van der Waals surface area contributed by atoms with Gasteiger partial charge in [0.25, 0.3) is 5.91 Å². The summed E-state index contributed by atoms with van der Waals surface area (Å²) < 4.78 is 1.16. The number of rotatable bonds is 2. The molecule has 0 radical (unpaired) electrons. The summed E-state index contributed by atoms with van der Waals surface area (Å²) in [5.74, 6) is 1.38. The zero-order valence-corrected chi connectivity index (χ0v) is 13.1. The summed E-state index contributed by atoms with van der Waals surface area (Å²) in [5.41, 5.74) is 0.765. The van der Waals surface area contributed by atoms with Crippen LogP contribution in [0.3, 0.4) is 0 Å². The van der Waals surface area contributed by atoms with E-state index >= 15 is 0 Å². The maximum absolute atomic E-state index is 12.2. The number of hydrogen-bond donors (Lipinski definition) is 1. The molecule has 2 nitrogen and oxygen atoms in total. The first-order chi connectivity index (χ1) is 8.56. The Morgan fingerprint density at radius 1 is 1.22 bits per heavy atom. The number of benzene rings is 1. The maximum atomic E-state index is 12.2. The topological polar surface area (TPSA) is 29.1 Å². The predicted molar refractivity (Wildman–Crippen MR) is 82.6 cm³/mol. The van der Waals surface area contributed by atoms with Crippen LogP contribution in [-0.4, -0.2) is 11.9 Å². The van der Waals surface area contributed by atoms with Crippen LogP contribution in [0.4, 0.5) is 0 Å². The molecule has 1 aromatic rings. The average molecular weight is 357 g/mol. The van der Waals surface area contributed by atoms with Crippen LogP contribution >= 0.6 is 22.6 Å². The quantitative estimate of drug-likeness (QED) is 0.801. The number of carbonyl (C=O) groups excluding carboxylic acids is 1. The van der Waals surface area contributed by atoms with Gasteiger partial charge in [-0.05, 0) is 71.5 Å². The van der Waals surface area contributed by atoms with Crippen molar-refractivity contribution in [3.63, 3.8) is 0 Å². The summed E-state index contributed by atoms with van der Waals surface area (Å²) in [5, 5.41) is 3.19. The fourth-order valence-corrected chi connectivity index (χ4v) is 2.95. The standard InChI is InChI=1S/C15H20INO/c1-10-3-4-11(2)14(9-10)17-15(18)12-5-7-13(16)8-6-12/h5-8,10-11,14H,3-4,9H2,1-2H3,(H,17,18). The smallest absolute Gasteiger partial charge is 0.251 e.